The monoisotopic (exact) mass is 300 g/mol. The number of H-pyrrole nitrogens is 1. The quantitative estimate of drug-likeness (QED) is 0.883. The van der Waals surface area contributed by atoms with Gasteiger partial charge in [-0.1, -0.05) is 0 Å². The number of rotatable bonds is 3. The molecule has 5 nitrogen and oxygen atoms in total. The van der Waals surface area contributed by atoms with Gasteiger partial charge >= 0.3 is 5.97 Å². The molecule has 0 aliphatic carbocycles. The van der Waals surface area contributed by atoms with Crippen molar-refractivity contribution in [1.82, 2.24) is 9.97 Å². The molecule has 5 heteroatoms. The van der Waals surface area contributed by atoms with Crippen molar-refractivity contribution in [3.8, 4) is 0 Å². The molecule has 0 aromatic carbocycles. The highest BCUT2D eigenvalue weighted by Gasteiger charge is 2.22. The highest BCUT2D eigenvalue weighted by molar-refractivity contribution is 5.95. The SMILES string of the molecule is CCOC(=O)c1cc2cc(C3=CC(C)(C)OCC3)ncc2[nH]1. The fourth-order valence-electron chi connectivity index (χ4n) is 2.69. The molecule has 2 aromatic heterocycles. The molecule has 1 aliphatic heterocycles. The number of fused-ring (bicyclic) bond motifs is 1. The summed E-state index contributed by atoms with van der Waals surface area (Å²) in [6.45, 7) is 6.93. The number of nitrogens with one attached hydrogen (secondary N) is 1. The molecule has 116 valence electrons. The number of pyridine rings is 1. The maximum absolute atomic E-state index is 11.8. The Hall–Kier alpha value is -2.14. The van der Waals surface area contributed by atoms with Crippen LogP contribution in [0, 0.1) is 0 Å². The van der Waals surface area contributed by atoms with Gasteiger partial charge in [0.05, 0.1) is 36.2 Å². The zero-order valence-corrected chi connectivity index (χ0v) is 13.1. The number of aromatic nitrogens is 2. The third kappa shape index (κ3) is 2.90. The van der Waals surface area contributed by atoms with Gasteiger partial charge in [0.2, 0.25) is 0 Å². The van der Waals surface area contributed by atoms with Crippen molar-refractivity contribution >= 4 is 22.4 Å². The van der Waals surface area contributed by atoms with Crippen LogP contribution in [0.2, 0.25) is 0 Å². The third-order valence-electron chi connectivity index (χ3n) is 3.70. The molecule has 0 bridgehead atoms. The highest BCUT2D eigenvalue weighted by Crippen LogP contribution is 2.29. The Labute approximate surface area is 129 Å². The predicted molar refractivity (Wildman–Crippen MR) is 84.7 cm³/mol. The van der Waals surface area contributed by atoms with Gasteiger partial charge in [0.1, 0.15) is 5.69 Å². The molecule has 2 aromatic rings. The van der Waals surface area contributed by atoms with Crippen molar-refractivity contribution in [1.29, 1.82) is 0 Å². The highest BCUT2D eigenvalue weighted by atomic mass is 16.5. The summed E-state index contributed by atoms with van der Waals surface area (Å²) in [5.41, 5.74) is 3.13. The molecule has 0 saturated heterocycles. The van der Waals surface area contributed by atoms with Crippen LogP contribution in [-0.2, 0) is 9.47 Å². The first kappa shape index (κ1) is 14.8. The molecular weight excluding hydrogens is 280 g/mol. The topological polar surface area (TPSA) is 64.2 Å². The van der Waals surface area contributed by atoms with Crippen LogP contribution in [0.15, 0.2) is 24.4 Å². The maximum Gasteiger partial charge on any atom is 0.354 e. The number of esters is 1. The van der Waals surface area contributed by atoms with E-state index in [1.807, 2.05) is 26.0 Å². The van der Waals surface area contributed by atoms with Crippen LogP contribution in [0.5, 0.6) is 0 Å². The second kappa shape index (κ2) is 5.57. The molecule has 1 aliphatic rings. The minimum Gasteiger partial charge on any atom is -0.461 e. The first-order valence-electron chi connectivity index (χ1n) is 7.50. The number of hydrogen-bond acceptors (Lipinski definition) is 4. The number of hydrogen-bond donors (Lipinski definition) is 1. The number of nitrogens with zero attached hydrogens (tertiary/aromatic N) is 1. The number of aromatic amines is 1. The van der Waals surface area contributed by atoms with Gasteiger partial charge in [-0.25, -0.2) is 4.79 Å². The fraction of sp³-hybridized carbons (Fsp3) is 0.412. The molecule has 0 fully saturated rings. The van der Waals surface area contributed by atoms with Gasteiger partial charge in [0.25, 0.3) is 0 Å². The zero-order valence-electron chi connectivity index (χ0n) is 13.1. The van der Waals surface area contributed by atoms with Crippen molar-refractivity contribution in [3.05, 3.63) is 35.8 Å². The van der Waals surface area contributed by atoms with E-state index in [-0.39, 0.29) is 11.6 Å². The van der Waals surface area contributed by atoms with Gasteiger partial charge in [-0.05, 0) is 51.0 Å². The minimum absolute atomic E-state index is 0.265. The third-order valence-corrected chi connectivity index (χ3v) is 3.70. The minimum atomic E-state index is -0.341. The van der Waals surface area contributed by atoms with Gasteiger partial charge in [0.15, 0.2) is 0 Å². The van der Waals surface area contributed by atoms with Crippen molar-refractivity contribution < 1.29 is 14.3 Å². The van der Waals surface area contributed by atoms with Crippen LogP contribution in [0.1, 0.15) is 43.4 Å². The summed E-state index contributed by atoms with van der Waals surface area (Å²) in [5, 5.41) is 0.957. The molecule has 22 heavy (non-hydrogen) atoms. The second-order valence-electron chi connectivity index (χ2n) is 5.93. The van der Waals surface area contributed by atoms with Gasteiger partial charge in [0, 0.05) is 5.39 Å². The lowest BCUT2D eigenvalue weighted by Gasteiger charge is -2.28. The second-order valence-corrected chi connectivity index (χ2v) is 5.93. The average molecular weight is 300 g/mol. The van der Waals surface area contributed by atoms with Crippen LogP contribution in [-0.4, -0.2) is 34.8 Å². The van der Waals surface area contributed by atoms with Crippen LogP contribution in [0.4, 0.5) is 0 Å². The Morgan fingerprint density at radius 2 is 2.27 bits per heavy atom. The van der Waals surface area contributed by atoms with E-state index >= 15 is 0 Å². The van der Waals surface area contributed by atoms with Crippen LogP contribution >= 0.6 is 0 Å². The van der Waals surface area contributed by atoms with E-state index in [2.05, 4.69) is 16.0 Å². The summed E-state index contributed by atoms with van der Waals surface area (Å²) >= 11 is 0. The number of ether oxygens (including phenoxy) is 2. The lowest BCUT2D eigenvalue weighted by atomic mass is 9.97. The first-order valence-corrected chi connectivity index (χ1v) is 7.50. The lowest BCUT2D eigenvalue weighted by Crippen LogP contribution is -2.26. The summed E-state index contributed by atoms with van der Waals surface area (Å²) in [7, 11) is 0. The van der Waals surface area contributed by atoms with E-state index in [4.69, 9.17) is 9.47 Å². The van der Waals surface area contributed by atoms with E-state index in [9.17, 15) is 4.79 Å². The zero-order chi connectivity index (χ0) is 15.7. The van der Waals surface area contributed by atoms with Gasteiger partial charge in [-0.3, -0.25) is 4.98 Å². The van der Waals surface area contributed by atoms with Crippen molar-refractivity contribution in [2.24, 2.45) is 0 Å². The molecule has 3 rings (SSSR count). The molecule has 0 atom stereocenters. The molecular formula is C17H20N2O3. The van der Waals surface area contributed by atoms with Crippen molar-refractivity contribution in [3.63, 3.8) is 0 Å². The van der Waals surface area contributed by atoms with E-state index in [1.54, 1.807) is 13.1 Å². The Kier molecular flexibility index (Phi) is 3.74. The Balaban J connectivity index is 1.96. The van der Waals surface area contributed by atoms with Crippen LogP contribution in [0.3, 0.4) is 0 Å². The van der Waals surface area contributed by atoms with Gasteiger partial charge < -0.3 is 14.5 Å². The smallest absolute Gasteiger partial charge is 0.354 e. The summed E-state index contributed by atoms with van der Waals surface area (Å²) in [6.07, 6.45) is 4.72. The van der Waals surface area contributed by atoms with E-state index < -0.39 is 0 Å². The van der Waals surface area contributed by atoms with Crippen molar-refractivity contribution in [2.75, 3.05) is 13.2 Å². The van der Waals surface area contributed by atoms with Crippen molar-refractivity contribution in [2.45, 2.75) is 32.8 Å². The summed E-state index contributed by atoms with van der Waals surface area (Å²) in [6, 6.07) is 3.81. The Morgan fingerprint density at radius 1 is 1.45 bits per heavy atom. The summed E-state index contributed by atoms with van der Waals surface area (Å²) < 4.78 is 10.7. The normalized spacial score (nSPS) is 17.3. The molecule has 0 amide bonds. The summed E-state index contributed by atoms with van der Waals surface area (Å²) in [5.74, 6) is -0.341. The van der Waals surface area contributed by atoms with E-state index in [1.165, 1.54) is 5.57 Å². The first-order chi connectivity index (χ1) is 10.5. The fourth-order valence-corrected chi connectivity index (χ4v) is 2.69. The Bertz CT molecular complexity index is 743. The van der Waals surface area contributed by atoms with Crippen LogP contribution in [0.25, 0.3) is 16.5 Å². The largest absolute Gasteiger partial charge is 0.461 e. The Morgan fingerprint density at radius 3 is 3.00 bits per heavy atom. The maximum atomic E-state index is 11.8. The number of carbonyl (C=O) groups excluding carboxylic acids is 1. The molecule has 1 N–H and O–H groups in total. The number of carbonyl (C=O) groups is 1. The molecule has 0 saturated carbocycles. The lowest BCUT2D eigenvalue weighted by molar-refractivity contribution is 0.0164. The average Bonchev–Trinajstić information content (AvgIpc) is 2.89. The standard InChI is InChI=1S/C17H20N2O3/c1-4-21-16(20)14-8-12-7-13(18-10-15(12)19-14)11-5-6-22-17(2,3)9-11/h7-10,19H,4-6H2,1-3H3. The molecule has 0 radical (unpaired) electrons. The van der Waals surface area contributed by atoms with Crippen LogP contribution < -0.4 is 0 Å². The molecule has 0 spiro atoms. The predicted octanol–water partition coefficient (Wildman–Crippen LogP) is 3.32. The van der Waals surface area contributed by atoms with E-state index in [0.717, 1.165) is 23.0 Å². The molecule has 0 unspecified atom stereocenters. The van der Waals surface area contributed by atoms with E-state index in [0.29, 0.717) is 18.9 Å². The van der Waals surface area contributed by atoms with Gasteiger partial charge in [-0.2, -0.15) is 0 Å². The molecule has 3 heterocycles. The summed E-state index contributed by atoms with van der Waals surface area (Å²) in [4.78, 5) is 19.3. The van der Waals surface area contributed by atoms with Gasteiger partial charge in [-0.15, -0.1) is 0 Å².